The molecule has 3 aliphatic rings. The Morgan fingerprint density at radius 2 is 1.93 bits per heavy atom. The molecule has 9 atom stereocenters. The van der Waals surface area contributed by atoms with Crippen LogP contribution in [0.2, 0.25) is 0 Å². The third-order valence-corrected chi connectivity index (χ3v) is 8.08. The molecule has 0 bridgehead atoms. The van der Waals surface area contributed by atoms with Crippen LogP contribution in [-0.2, 0) is 33.3 Å². The molecule has 3 heterocycles. The molecule has 0 saturated carbocycles. The highest BCUT2D eigenvalue weighted by Gasteiger charge is 2.58. The molecular weight excluding hydrogens is 584 g/mol. The van der Waals surface area contributed by atoms with Crippen molar-refractivity contribution in [3.63, 3.8) is 0 Å². The number of esters is 1. The van der Waals surface area contributed by atoms with E-state index in [0.717, 1.165) is 12.0 Å². The number of hydrogen-bond donors (Lipinski definition) is 3. The number of alkyl halides is 1. The summed E-state index contributed by atoms with van der Waals surface area (Å²) >= 11 is 3.14. The van der Waals surface area contributed by atoms with E-state index in [1.54, 1.807) is 13.0 Å². The van der Waals surface area contributed by atoms with Crippen LogP contribution in [0.3, 0.4) is 0 Å². The fourth-order valence-electron chi connectivity index (χ4n) is 5.16. The van der Waals surface area contributed by atoms with Crippen LogP contribution >= 0.6 is 15.9 Å². The number of allylic oxidation sites excluding steroid dienone is 2. The first-order chi connectivity index (χ1) is 18.9. The molecule has 0 aromatic rings. The average Bonchev–Trinajstić information content (AvgIpc) is 3.67. The molecule has 1 spiro atoms. The van der Waals surface area contributed by atoms with Crippen molar-refractivity contribution in [2.24, 2.45) is 5.92 Å². The molecule has 3 rings (SSSR count). The molecular formula is C29H43BrN2O8. The molecule has 2 amide bonds. The molecule has 11 heteroatoms. The molecule has 3 aliphatic heterocycles. The van der Waals surface area contributed by atoms with Crippen molar-refractivity contribution in [1.29, 1.82) is 0 Å². The molecule has 3 saturated heterocycles. The van der Waals surface area contributed by atoms with Gasteiger partial charge in [0.15, 0.2) is 0 Å². The van der Waals surface area contributed by atoms with E-state index in [9.17, 15) is 19.5 Å². The van der Waals surface area contributed by atoms with Gasteiger partial charge in [-0.1, -0.05) is 46.7 Å². The number of nitrogens with one attached hydrogen (secondary N) is 2. The molecule has 0 radical (unpaired) electrons. The van der Waals surface area contributed by atoms with Gasteiger partial charge in [0.1, 0.15) is 23.9 Å². The summed E-state index contributed by atoms with van der Waals surface area (Å²) in [5, 5.41) is 16.8. The zero-order chi connectivity index (χ0) is 29.4. The van der Waals surface area contributed by atoms with Gasteiger partial charge < -0.3 is 34.7 Å². The monoisotopic (exact) mass is 626 g/mol. The van der Waals surface area contributed by atoms with Gasteiger partial charge in [0, 0.05) is 26.0 Å². The summed E-state index contributed by atoms with van der Waals surface area (Å²) in [7, 11) is 0. The summed E-state index contributed by atoms with van der Waals surface area (Å²) in [6.07, 6.45) is 8.70. The first-order valence-corrected chi connectivity index (χ1v) is 15.0. The molecule has 0 aliphatic carbocycles. The second-order valence-electron chi connectivity index (χ2n) is 11.1. The van der Waals surface area contributed by atoms with Gasteiger partial charge in [-0.15, -0.1) is 0 Å². The van der Waals surface area contributed by atoms with Gasteiger partial charge in [-0.05, 0) is 45.6 Å². The molecule has 0 unspecified atom stereocenters. The van der Waals surface area contributed by atoms with Gasteiger partial charge >= 0.3 is 5.97 Å². The molecule has 3 N–H and O–H groups in total. The van der Waals surface area contributed by atoms with E-state index in [0.29, 0.717) is 26.0 Å². The zero-order valence-corrected chi connectivity index (χ0v) is 25.5. The normalized spacial score (nSPS) is 35.1. The fourth-order valence-corrected chi connectivity index (χ4v) is 5.36. The highest BCUT2D eigenvalue weighted by atomic mass is 79.9. The number of hydrogen-bond acceptors (Lipinski definition) is 8. The Morgan fingerprint density at radius 3 is 2.58 bits per heavy atom. The Morgan fingerprint density at radius 1 is 1.20 bits per heavy atom. The number of epoxide rings is 1. The standard InChI is InChI=1S/C29H43BrN2O8/c1-17(7-10-25-28(36)29(16-37-29)13-22(40-25)15-31-27(35)14-30)6-9-24-18(2)12-23(20(4)39-24)32-26(34)11-8-19(3)38-21(5)33/h6-8,10-11,18-20,22-25,28,36H,9,12-16H2,1-5H3,(H,31,35)(H,32,34)/b10-7+,11-8-,17-6+/t18-,19-,20+,22-,23+,24-,25+,28+,29+/m0/s1. The average molecular weight is 628 g/mol. The first kappa shape index (κ1) is 32.5. The molecule has 40 heavy (non-hydrogen) atoms. The van der Waals surface area contributed by atoms with Crippen LogP contribution in [-0.4, -0.2) is 89.6 Å². The Hall–Kier alpha value is -2.05. The van der Waals surface area contributed by atoms with E-state index in [4.69, 9.17) is 18.9 Å². The maximum atomic E-state index is 12.4. The number of aliphatic hydroxyl groups excluding tert-OH is 1. The van der Waals surface area contributed by atoms with E-state index in [2.05, 4.69) is 39.6 Å². The van der Waals surface area contributed by atoms with Gasteiger partial charge in [-0.3, -0.25) is 14.4 Å². The van der Waals surface area contributed by atoms with E-state index < -0.39 is 29.9 Å². The van der Waals surface area contributed by atoms with Crippen LogP contribution in [0.1, 0.15) is 53.9 Å². The Labute approximate surface area is 245 Å². The summed E-state index contributed by atoms with van der Waals surface area (Å²) < 4.78 is 22.9. The van der Waals surface area contributed by atoms with E-state index >= 15 is 0 Å². The highest BCUT2D eigenvalue weighted by Crippen LogP contribution is 2.42. The number of amides is 2. The maximum Gasteiger partial charge on any atom is 0.303 e. The third kappa shape index (κ3) is 9.51. The summed E-state index contributed by atoms with van der Waals surface area (Å²) in [4.78, 5) is 35.0. The van der Waals surface area contributed by atoms with Crippen LogP contribution in [0.4, 0.5) is 0 Å². The van der Waals surface area contributed by atoms with Crippen LogP contribution < -0.4 is 10.6 Å². The first-order valence-electron chi connectivity index (χ1n) is 13.9. The minimum Gasteiger partial charge on any atom is -0.459 e. The second kappa shape index (κ2) is 14.7. The van der Waals surface area contributed by atoms with E-state index in [1.807, 2.05) is 26.0 Å². The van der Waals surface area contributed by atoms with E-state index in [1.165, 1.54) is 13.0 Å². The lowest BCUT2D eigenvalue weighted by atomic mass is 9.87. The zero-order valence-electron chi connectivity index (χ0n) is 23.9. The van der Waals surface area contributed by atoms with Crippen LogP contribution in [0.25, 0.3) is 0 Å². The summed E-state index contributed by atoms with van der Waals surface area (Å²) in [5.41, 5.74) is 0.417. The predicted octanol–water partition coefficient (Wildman–Crippen LogP) is 2.48. The minimum atomic E-state index is -0.769. The maximum absolute atomic E-state index is 12.4. The number of rotatable bonds is 11. The Kier molecular flexibility index (Phi) is 12.0. The van der Waals surface area contributed by atoms with Crippen LogP contribution in [0, 0.1) is 5.92 Å². The molecule has 224 valence electrons. The van der Waals surface area contributed by atoms with Crippen molar-refractivity contribution >= 4 is 33.7 Å². The highest BCUT2D eigenvalue weighted by molar-refractivity contribution is 9.09. The van der Waals surface area contributed by atoms with Gasteiger partial charge in [0.05, 0.1) is 36.3 Å². The summed E-state index contributed by atoms with van der Waals surface area (Å²) in [5.74, 6) is -0.529. The van der Waals surface area contributed by atoms with E-state index in [-0.39, 0.29) is 47.4 Å². The number of ether oxygens (including phenoxy) is 4. The van der Waals surface area contributed by atoms with Gasteiger partial charge in [0.2, 0.25) is 11.8 Å². The summed E-state index contributed by atoms with van der Waals surface area (Å²) in [6.45, 7) is 9.94. The van der Waals surface area contributed by atoms with Crippen molar-refractivity contribution < 1.29 is 38.4 Å². The second-order valence-corrected chi connectivity index (χ2v) is 11.6. The molecule has 3 fully saturated rings. The number of halogens is 1. The summed E-state index contributed by atoms with van der Waals surface area (Å²) in [6, 6.07) is -0.119. The van der Waals surface area contributed by atoms with Crippen molar-refractivity contribution in [1.82, 2.24) is 10.6 Å². The van der Waals surface area contributed by atoms with Crippen LogP contribution in [0.5, 0.6) is 0 Å². The lowest BCUT2D eigenvalue weighted by molar-refractivity contribution is -0.143. The predicted molar refractivity (Wildman–Crippen MR) is 153 cm³/mol. The Balaban J connectivity index is 1.49. The lowest BCUT2D eigenvalue weighted by Crippen LogP contribution is -2.52. The van der Waals surface area contributed by atoms with Crippen LogP contribution in [0.15, 0.2) is 36.0 Å². The largest absolute Gasteiger partial charge is 0.459 e. The third-order valence-electron chi connectivity index (χ3n) is 7.57. The van der Waals surface area contributed by atoms with Crippen molar-refractivity contribution in [2.45, 2.75) is 102 Å². The molecule has 0 aromatic carbocycles. The van der Waals surface area contributed by atoms with Gasteiger partial charge in [0.25, 0.3) is 0 Å². The quantitative estimate of drug-likeness (QED) is 0.105. The smallest absolute Gasteiger partial charge is 0.303 e. The fraction of sp³-hybridized carbons (Fsp3) is 0.690. The van der Waals surface area contributed by atoms with Gasteiger partial charge in [-0.2, -0.15) is 0 Å². The molecule has 0 aromatic heterocycles. The SMILES string of the molecule is CC(=O)O[C@@H](C)/C=C\C(=O)N[C@@H]1C[C@H](C)[C@H](C/C=C(C)/C=C/[C@H]2O[C@H](CNC(=O)CBr)C[C@@]3(CO3)[C@@H]2O)O[C@@H]1C. The minimum absolute atomic E-state index is 0.00751. The number of aliphatic hydroxyl groups is 1. The number of carbonyl (C=O) groups excluding carboxylic acids is 3. The topological polar surface area (TPSA) is 136 Å². The van der Waals surface area contributed by atoms with Crippen molar-refractivity contribution in [2.75, 3.05) is 18.5 Å². The molecule has 10 nitrogen and oxygen atoms in total. The van der Waals surface area contributed by atoms with Crippen molar-refractivity contribution in [3.8, 4) is 0 Å². The number of carbonyl (C=O) groups is 3. The van der Waals surface area contributed by atoms with Gasteiger partial charge in [-0.25, -0.2) is 0 Å². The van der Waals surface area contributed by atoms with Crippen molar-refractivity contribution in [3.05, 3.63) is 36.0 Å². The lowest BCUT2D eigenvalue weighted by Gasteiger charge is -2.39. The Bertz CT molecular complexity index is 995.